The van der Waals surface area contributed by atoms with Crippen molar-refractivity contribution in [3.63, 3.8) is 0 Å². The highest BCUT2D eigenvalue weighted by atomic mass is 35.5. The van der Waals surface area contributed by atoms with E-state index in [4.69, 9.17) is 16.9 Å². The smallest absolute Gasteiger partial charge is 0.257 e. The van der Waals surface area contributed by atoms with E-state index in [0.29, 0.717) is 11.3 Å². The van der Waals surface area contributed by atoms with Crippen LogP contribution in [0.5, 0.6) is 0 Å². The monoisotopic (exact) mass is 274 g/mol. The summed E-state index contributed by atoms with van der Waals surface area (Å²) in [7, 11) is 0. The van der Waals surface area contributed by atoms with E-state index in [2.05, 4.69) is 5.32 Å². The first-order valence-electron chi connectivity index (χ1n) is 5.37. The van der Waals surface area contributed by atoms with E-state index in [1.807, 2.05) is 6.07 Å². The van der Waals surface area contributed by atoms with Gasteiger partial charge in [-0.15, -0.1) is 0 Å². The van der Waals surface area contributed by atoms with Gasteiger partial charge in [0.2, 0.25) is 0 Å². The topological polar surface area (TPSA) is 52.9 Å². The average molecular weight is 275 g/mol. The number of carbonyl (C=O) groups excluding carboxylic acids is 1. The highest BCUT2D eigenvalue weighted by Gasteiger charge is 2.11. The van der Waals surface area contributed by atoms with Gasteiger partial charge in [-0.05, 0) is 42.5 Å². The zero-order chi connectivity index (χ0) is 13.8. The minimum atomic E-state index is -0.500. The maximum Gasteiger partial charge on any atom is 0.257 e. The van der Waals surface area contributed by atoms with E-state index in [1.54, 1.807) is 24.3 Å². The Morgan fingerprint density at radius 2 is 1.89 bits per heavy atom. The van der Waals surface area contributed by atoms with E-state index in [-0.39, 0.29) is 10.6 Å². The summed E-state index contributed by atoms with van der Waals surface area (Å²) in [6.45, 7) is 0. The molecule has 0 aromatic heterocycles. The Labute approximate surface area is 114 Å². The second kappa shape index (κ2) is 5.51. The third-order valence-corrected chi connectivity index (χ3v) is 2.76. The molecule has 2 rings (SSSR count). The molecule has 2 aromatic carbocycles. The Kier molecular flexibility index (Phi) is 3.79. The number of halogens is 2. The van der Waals surface area contributed by atoms with Crippen LogP contribution in [-0.2, 0) is 0 Å². The zero-order valence-corrected chi connectivity index (χ0v) is 10.4. The van der Waals surface area contributed by atoms with Gasteiger partial charge in [-0.25, -0.2) is 4.39 Å². The van der Waals surface area contributed by atoms with Crippen molar-refractivity contribution in [3.8, 4) is 6.07 Å². The molecule has 0 saturated heterocycles. The van der Waals surface area contributed by atoms with Crippen molar-refractivity contribution >= 4 is 23.2 Å². The van der Waals surface area contributed by atoms with Gasteiger partial charge in [-0.1, -0.05) is 11.6 Å². The predicted molar refractivity (Wildman–Crippen MR) is 70.5 cm³/mol. The number of benzene rings is 2. The molecule has 0 fully saturated rings. The third-order valence-electron chi connectivity index (χ3n) is 2.45. The Hall–Kier alpha value is -2.38. The molecular formula is C14H8ClFN2O. The van der Waals surface area contributed by atoms with Crippen molar-refractivity contribution in [2.75, 3.05) is 5.32 Å². The molecule has 0 aliphatic heterocycles. The predicted octanol–water partition coefficient (Wildman–Crippen LogP) is 3.60. The summed E-state index contributed by atoms with van der Waals surface area (Å²) in [6, 6.07) is 11.9. The number of carbonyl (C=O) groups is 1. The Morgan fingerprint density at radius 1 is 1.21 bits per heavy atom. The molecule has 0 unspecified atom stereocenters. The molecule has 5 heteroatoms. The first-order chi connectivity index (χ1) is 9.10. The molecule has 1 amide bonds. The van der Waals surface area contributed by atoms with Gasteiger partial charge in [0.1, 0.15) is 5.82 Å². The molecule has 0 aliphatic rings. The van der Waals surface area contributed by atoms with Crippen molar-refractivity contribution in [2.24, 2.45) is 0 Å². The van der Waals surface area contributed by atoms with Gasteiger partial charge >= 0.3 is 0 Å². The maximum atomic E-state index is 12.9. The number of amides is 1. The first-order valence-corrected chi connectivity index (χ1v) is 5.74. The van der Waals surface area contributed by atoms with Crippen LogP contribution in [-0.4, -0.2) is 5.91 Å². The van der Waals surface area contributed by atoms with Crippen LogP contribution < -0.4 is 5.32 Å². The summed E-state index contributed by atoms with van der Waals surface area (Å²) in [5.74, 6) is -0.936. The van der Waals surface area contributed by atoms with E-state index < -0.39 is 11.7 Å². The second-order valence-corrected chi connectivity index (χ2v) is 4.17. The van der Waals surface area contributed by atoms with Crippen LogP contribution in [0.15, 0.2) is 42.5 Å². The largest absolute Gasteiger partial charge is 0.322 e. The number of anilines is 1. The first kappa shape index (κ1) is 13.1. The molecule has 94 valence electrons. The second-order valence-electron chi connectivity index (χ2n) is 3.77. The molecule has 1 N–H and O–H groups in total. The molecule has 0 atom stereocenters. The fraction of sp³-hybridized carbons (Fsp3) is 0. The number of hydrogen-bond acceptors (Lipinski definition) is 2. The molecular weight excluding hydrogens is 267 g/mol. The molecule has 19 heavy (non-hydrogen) atoms. The molecule has 0 saturated carbocycles. The lowest BCUT2D eigenvalue weighted by atomic mass is 10.2. The van der Waals surface area contributed by atoms with Crippen LogP contribution in [0.2, 0.25) is 5.02 Å². The van der Waals surface area contributed by atoms with E-state index >= 15 is 0 Å². The molecule has 0 bridgehead atoms. The lowest BCUT2D eigenvalue weighted by molar-refractivity contribution is 0.102. The number of nitrogens with one attached hydrogen (secondary N) is 1. The van der Waals surface area contributed by atoms with Crippen LogP contribution in [0.1, 0.15) is 15.9 Å². The van der Waals surface area contributed by atoms with Crippen molar-refractivity contribution < 1.29 is 9.18 Å². The third kappa shape index (κ3) is 3.09. The summed E-state index contributed by atoms with van der Waals surface area (Å²) in [5, 5.41) is 11.3. The Bertz CT molecular complexity index is 662. The number of rotatable bonds is 2. The van der Waals surface area contributed by atoms with Crippen LogP contribution in [0.4, 0.5) is 10.1 Å². The maximum absolute atomic E-state index is 12.9. The van der Waals surface area contributed by atoms with Crippen molar-refractivity contribution in [2.45, 2.75) is 0 Å². The highest BCUT2D eigenvalue weighted by Crippen LogP contribution is 2.19. The molecule has 0 spiro atoms. The lowest BCUT2D eigenvalue weighted by Crippen LogP contribution is -2.12. The quantitative estimate of drug-likeness (QED) is 0.909. The van der Waals surface area contributed by atoms with Crippen LogP contribution >= 0.6 is 11.6 Å². The summed E-state index contributed by atoms with van der Waals surface area (Å²) in [5.41, 5.74) is 1.22. The summed E-state index contributed by atoms with van der Waals surface area (Å²) in [6.07, 6.45) is 0. The van der Waals surface area contributed by atoms with Gasteiger partial charge in [0, 0.05) is 5.69 Å². The van der Waals surface area contributed by atoms with Crippen molar-refractivity contribution in [3.05, 3.63) is 64.4 Å². The van der Waals surface area contributed by atoms with Gasteiger partial charge in [0.15, 0.2) is 0 Å². The Morgan fingerprint density at radius 3 is 2.47 bits per heavy atom. The van der Waals surface area contributed by atoms with Gasteiger partial charge in [-0.2, -0.15) is 5.26 Å². The average Bonchev–Trinajstić information content (AvgIpc) is 2.39. The zero-order valence-electron chi connectivity index (χ0n) is 9.65. The van der Waals surface area contributed by atoms with Crippen molar-refractivity contribution in [1.29, 1.82) is 5.26 Å². The molecule has 0 heterocycles. The number of hydrogen-bond donors (Lipinski definition) is 1. The molecule has 2 aromatic rings. The lowest BCUT2D eigenvalue weighted by Gasteiger charge is -2.06. The molecule has 3 nitrogen and oxygen atoms in total. The van der Waals surface area contributed by atoms with Crippen LogP contribution in [0, 0.1) is 17.1 Å². The van der Waals surface area contributed by atoms with Gasteiger partial charge in [0.05, 0.1) is 22.2 Å². The van der Waals surface area contributed by atoms with Crippen LogP contribution in [0.25, 0.3) is 0 Å². The number of nitrogens with zero attached hydrogens (tertiary/aromatic N) is 1. The number of nitriles is 1. The van der Waals surface area contributed by atoms with Crippen LogP contribution in [0.3, 0.4) is 0 Å². The minimum Gasteiger partial charge on any atom is -0.322 e. The molecule has 0 radical (unpaired) electrons. The summed E-state index contributed by atoms with van der Waals surface area (Å²) >= 11 is 5.79. The SMILES string of the molecule is N#Cc1ccc(NC(=O)c2ccc(F)cc2Cl)cc1. The minimum absolute atomic E-state index is 0.0474. The van der Waals surface area contributed by atoms with Gasteiger partial charge < -0.3 is 5.32 Å². The van der Waals surface area contributed by atoms with E-state index in [9.17, 15) is 9.18 Å². The fourth-order valence-corrected chi connectivity index (χ4v) is 1.75. The standard InChI is InChI=1S/C14H8ClFN2O/c15-13-7-10(16)3-6-12(13)14(19)18-11-4-1-9(8-17)2-5-11/h1-7H,(H,18,19). The summed E-state index contributed by atoms with van der Waals surface area (Å²) in [4.78, 5) is 11.9. The summed E-state index contributed by atoms with van der Waals surface area (Å²) < 4.78 is 12.9. The molecule has 0 aliphatic carbocycles. The van der Waals surface area contributed by atoms with Crippen molar-refractivity contribution in [1.82, 2.24) is 0 Å². The highest BCUT2D eigenvalue weighted by molar-refractivity contribution is 6.34. The van der Waals surface area contributed by atoms with E-state index in [1.165, 1.54) is 12.1 Å². The fourth-order valence-electron chi connectivity index (χ4n) is 1.50. The normalized spacial score (nSPS) is 9.74. The Balaban J connectivity index is 2.18. The van der Waals surface area contributed by atoms with Gasteiger partial charge in [0.25, 0.3) is 5.91 Å². The van der Waals surface area contributed by atoms with E-state index in [0.717, 1.165) is 6.07 Å². The van der Waals surface area contributed by atoms with Gasteiger partial charge in [-0.3, -0.25) is 4.79 Å².